The molecule has 7 nitrogen and oxygen atoms in total. The number of anilines is 1. The molecule has 122 valence electrons. The summed E-state index contributed by atoms with van der Waals surface area (Å²) in [7, 11) is 0. The highest BCUT2D eigenvalue weighted by atomic mass is 16.4. The number of aliphatic hydroxyl groups excluding tert-OH is 1. The van der Waals surface area contributed by atoms with Crippen molar-refractivity contribution in [3.8, 4) is 0 Å². The van der Waals surface area contributed by atoms with E-state index in [9.17, 15) is 4.79 Å². The summed E-state index contributed by atoms with van der Waals surface area (Å²) in [5.74, 6) is 1.39. The lowest BCUT2D eigenvalue weighted by Crippen LogP contribution is -2.42. The van der Waals surface area contributed by atoms with Crippen molar-refractivity contribution in [2.75, 3.05) is 18.4 Å². The molecule has 0 unspecified atom stereocenters. The summed E-state index contributed by atoms with van der Waals surface area (Å²) >= 11 is 0. The summed E-state index contributed by atoms with van der Waals surface area (Å²) in [6.07, 6.45) is 3.32. The van der Waals surface area contributed by atoms with E-state index in [-0.39, 0.29) is 18.6 Å². The van der Waals surface area contributed by atoms with Gasteiger partial charge in [-0.25, -0.2) is 0 Å². The number of aromatic nitrogens is 2. The lowest BCUT2D eigenvalue weighted by molar-refractivity contribution is 0.0680. The maximum atomic E-state index is 12.5. The smallest absolute Gasteiger partial charge is 0.289 e. The van der Waals surface area contributed by atoms with Gasteiger partial charge in [0.1, 0.15) is 18.2 Å². The largest absolute Gasteiger partial charge is 0.453 e. The molecule has 0 radical (unpaired) electrons. The molecular formula is C16H20N4O3. The van der Waals surface area contributed by atoms with Crippen LogP contribution in [0.4, 0.5) is 5.82 Å². The number of nitrogens with zero attached hydrogens (tertiary/aromatic N) is 3. The number of carbonyl (C=O) groups excluding carboxylic acids is 1. The fourth-order valence-electron chi connectivity index (χ4n) is 2.80. The molecule has 2 aromatic heterocycles. The minimum absolute atomic E-state index is 0.111. The Morgan fingerprint density at radius 1 is 1.48 bits per heavy atom. The van der Waals surface area contributed by atoms with Gasteiger partial charge in [-0.3, -0.25) is 4.79 Å². The van der Waals surface area contributed by atoms with Gasteiger partial charge in [-0.1, -0.05) is 0 Å². The van der Waals surface area contributed by atoms with Crippen LogP contribution in [0.2, 0.25) is 0 Å². The number of amides is 1. The Balaban J connectivity index is 1.58. The first-order valence-corrected chi connectivity index (χ1v) is 7.71. The molecule has 1 aliphatic rings. The number of hydrogen-bond acceptors (Lipinski definition) is 6. The second-order valence-electron chi connectivity index (χ2n) is 5.70. The topological polar surface area (TPSA) is 91.5 Å². The number of piperidine rings is 1. The van der Waals surface area contributed by atoms with Crippen LogP contribution in [-0.4, -0.2) is 45.2 Å². The van der Waals surface area contributed by atoms with Gasteiger partial charge < -0.3 is 19.7 Å². The number of hydrogen-bond donors (Lipinski definition) is 2. The van der Waals surface area contributed by atoms with Crippen LogP contribution in [-0.2, 0) is 6.61 Å². The Kier molecular flexibility index (Phi) is 4.57. The normalized spacial score (nSPS) is 15.7. The van der Waals surface area contributed by atoms with Crippen LogP contribution in [0.1, 0.15) is 34.7 Å². The van der Waals surface area contributed by atoms with Crippen molar-refractivity contribution in [2.24, 2.45) is 0 Å². The fourth-order valence-corrected chi connectivity index (χ4v) is 2.80. The molecule has 1 aliphatic heterocycles. The molecule has 0 aliphatic carbocycles. The van der Waals surface area contributed by atoms with E-state index in [0.29, 0.717) is 24.6 Å². The van der Waals surface area contributed by atoms with E-state index in [4.69, 9.17) is 9.52 Å². The minimum Gasteiger partial charge on any atom is -0.453 e. The lowest BCUT2D eigenvalue weighted by atomic mass is 10.0. The highest BCUT2D eigenvalue weighted by Crippen LogP contribution is 2.20. The summed E-state index contributed by atoms with van der Waals surface area (Å²) in [5.41, 5.74) is 0.763. The summed E-state index contributed by atoms with van der Waals surface area (Å²) in [4.78, 5) is 14.3. The molecule has 1 amide bonds. The van der Waals surface area contributed by atoms with E-state index >= 15 is 0 Å². The summed E-state index contributed by atoms with van der Waals surface area (Å²) < 4.78 is 5.43. The summed E-state index contributed by atoms with van der Waals surface area (Å²) in [6.45, 7) is 2.94. The van der Waals surface area contributed by atoms with Gasteiger partial charge in [0, 0.05) is 30.9 Å². The number of rotatable bonds is 4. The van der Waals surface area contributed by atoms with E-state index in [1.54, 1.807) is 17.2 Å². The molecule has 2 aromatic rings. The fraction of sp³-hybridized carbons (Fsp3) is 0.438. The zero-order valence-corrected chi connectivity index (χ0v) is 13.0. The van der Waals surface area contributed by atoms with Crippen LogP contribution in [0.25, 0.3) is 0 Å². The van der Waals surface area contributed by atoms with Gasteiger partial charge in [-0.05, 0) is 38.0 Å². The molecule has 23 heavy (non-hydrogen) atoms. The van der Waals surface area contributed by atoms with Crippen molar-refractivity contribution in [2.45, 2.75) is 32.4 Å². The Labute approximate surface area is 134 Å². The number of aliphatic hydroxyl groups is 1. The van der Waals surface area contributed by atoms with Gasteiger partial charge in [-0.2, -0.15) is 5.10 Å². The van der Waals surface area contributed by atoms with Gasteiger partial charge in [0.15, 0.2) is 5.76 Å². The van der Waals surface area contributed by atoms with Gasteiger partial charge in [-0.15, -0.1) is 5.10 Å². The van der Waals surface area contributed by atoms with Crippen LogP contribution < -0.4 is 5.32 Å². The molecule has 3 rings (SSSR count). The highest BCUT2D eigenvalue weighted by molar-refractivity contribution is 5.93. The van der Waals surface area contributed by atoms with E-state index in [1.807, 2.05) is 19.1 Å². The van der Waals surface area contributed by atoms with Gasteiger partial charge >= 0.3 is 0 Å². The first-order valence-electron chi connectivity index (χ1n) is 7.71. The average molecular weight is 316 g/mol. The second kappa shape index (κ2) is 6.78. The molecule has 0 saturated carbocycles. The molecule has 7 heteroatoms. The Morgan fingerprint density at radius 2 is 2.26 bits per heavy atom. The maximum absolute atomic E-state index is 12.5. The minimum atomic E-state index is -0.196. The van der Waals surface area contributed by atoms with Gasteiger partial charge in [0.25, 0.3) is 5.91 Å². The van der Waals surface area contributed by atoms with Crippen molar-refractivity contribution >= 4 is 11.7 Å². The highest BCUT2D eigenvalue weighted by Gasteiger charge is 2.27. The van der Waals surface area contributed by atoms with E-state index in [0.717, 1.165) is 24.2 Å². The first-order chi connectivity index (χ1) is 11.2. The van der Waals surface area contributed by atoms with Crippen molar-refractivity contribution in [1.29, 1.82) is 0 Å². The van der Waals surface area contributed by atoms with Crippen molar-refractivity contribution in [3.05, 3.63) is 41.5 Å². The number of furan rings is 1. The molecule has 0 bridgehead atoms. The zero-order valence-electron chi connectivity index (χ0n) is 13.0. The number of carbonyl (C=O) groups is 1. The monoisotopic (exact) mass is 316 g/mol. The Morgan fingerprint density at radius 3 is 2.87 bits per heavy atom. The third-order valence-corrected chi connectivity index (χ3v) is 4.03. The van der Waals surface area contributed by atoms with E-state index < -0.39 is 0 Å². The van der Waals surface area contributed by atoms with Gasteiger partial charge in [0.05, 0.1) is 0 Å². The predicted molar refractivity (Wildman–Crippen MR) is 83.9 cm³/mol. The van der Waals surface area contributed by atoms with Crippen molar-refractivity contribution < 1.29 is 14.3 Å². The van der Waals surface area contributed by atoms with Crippen LogP contribution >= 0.6 is 0 Å². The van der Waals surface area contributed by atoms with Crippen LogP contribution in [0.3, 0.4) is 0 Å². The molecule has 1 fully saturated rings. The molecule has 0 aromatic carbocycles. The number of aryl methyl sites for hydroxylation is 1. The molecule has 0 spiro atoms. The zero-order chi connectivity index (χ0) is 16.2. The van der Waals surface area contributed by atoms with Crippen molar-refractivity contribution in [3.63, 3.8) is 0 Å². The quantitative estimate of drug-likeness (QED) is 0.890. The molecule has 2 N–H and O–H groups in total. The van der Waals surface area contributed by atoms with Crippen LogP contribution in [0.15, 0.2) is 28.8 Å². The lowest BCUT2D eigenvalue weighted by Gasteiger charge is -2.32. The SMILES string of the molecule is Cc1cc(CO)oc1C(=O)N1CCC(Nc2cccnn2)CC1. The van der Waals surface area contributed by atoms with Gasteiger partial charge in [0.2, 0.25) is 0 Å². The molecule has 1 saturated heterocycles. The molecule has 0 atom stereocenters. The second-order valence-corrected chi connectivity index (χ2v) is 5.70. The Hall–Kier alpha value is -2.41. The number of nitrogens with one attached hydrogen (secondary N) is 1. The van der Waals surface area contributed by atoms with Crippen LogP contribution in [0.5, 0.6) is 0 Å². The Bertz CT molecular complexity index is 663. The third-order valence-electron chi connectivity index (χ3n) is 4.03. The number of likely N-dealkylation sites (tertiary alicyclic amines) is 1. The van der Waals surface area contributed by atoms with Crippen LogP contribution in [0, 0.1) is 6.92 Å². The summed E-state index contributed by atoms with van der Waals surface area (Å²) in [5, 5.41) is 20.3. The molecule has 3 heterocycles. The first kappa shape index (κ1) is 15.5. The maximum Gasteiger partial charge on any atom is 0.289 e. The third kappa shape index (κ3) is 3.50. The molecular weight excluding hydrogens is 296 g/mol. The average Bonchev–Trinajstić information content (AvgIpc) is 2.97. The van der Waals surface area contributed by atoms with Crippen molar-refractivity contribution in [1.82, 2.24) is 15.1 Å². The van der Waals surface area contributed by atoms with E-state index in [2.05, 4.69) is 15.5 Å². The van der Waals surface area contributed by atoms with E-state index in [1.165, 1.54) is 0 Å². The predicted octanol–water partition coefficient (Wildman–Crippen LogP) is 1.59. The summed E-state index contributed by atoms with van der Waals surface area (Å²) in [6, 6.07) is 5.70. The standard InChI is InChI=1S/C16H20N4O3/c1-11-9-13(10-21)23-15(11)16(22)20-7-4-12(5-8-20)18-14-3-2-6-17-19-14/h2-3,6,9,12,21H,4-5,7-8,10H2,1H3,(H,18,19).